The fourth-order valence-corrected chi connectivity index (χ4v) is 5.18. The SMILES string of the molecule is CCc1cc2c(cc1F)c(N)c(C1=NC=C(S(=O)(=O)N[C@@H](C)C(F)(F)F)CC1)n2-c1ccncn1. The molecule has 1 aromatic carbocycles. The lowest BCUT2D eigenvalue weighted by Crippen LogP contribution is -2.43. The molecule has 0 aliphatic carbocycles. The van der Waals surface area contributed by atoms with Gasteiger partial charge in [0.25, 0.3) is 0 Å². The van der Waals surface area contributed by atoms with Gasteiger partial charge in [-0.2, -0.15) is 17.9 Å². The van der Waals surface area contributed by atoms with Gasteiger partial charge in [-0.15, -0.1) is 0 Å². The monoisotopic (exact) mass is 510 g/mol. The van der Waals surface area contributed by atoms with Crippen LogP contribution in [0.5, 0.6) is 0 Å². The second kappa shape index (κ2) is 9.04. The first-order chi connectivity index (χ1) is 16.4. The topological polar surface area (TPSA) is 115 Å². The number of halogens is 4. The molecule has 1 atom stereocenters. The minimum Gasteiger partial charge on any atom is -0.396 e. The number of aromatic nitrogens is 3. The van der Waals surface area contributed by atoms with Gasteiger partial charge in [0.15, 0.2) is 0 Å². The van der Waals surface area contributed by atoms with Crippen molar-refractivity contribution in [1.29, 1.82) is 0 Å². The van der Waals surface area contributed by atoms with E-state index in [0.29, 0.717) is 40.1 Å². The van der Waals surface area contributed by atoms with E-state index >= 15 is 0 Å². The molecule has 3 heterocycles. The summed E-state index contributed by atoms with van der Waals surface area (Å²) in [4.78, 5) is 12.2. The number of fused-ring (bicyclic) bond motifs is 1. The lowest BCUT2D eigenvalue weighted by atomic mass is 10.1. The van der Waals surface area contributed by atoms with E-state index in [2.05, 4.69) is 15.0 Å². The van der Waals surface area contributed by atoms with Crippen molar-refractivity contribution in [3.8, 4) is 5.82 Å². The second-order valence-electron chi connectivity index (χ2n) is 8.04. The van der Waals surface area contributed by atoms with Crippen LogP contribution >= 0.6 is 0 Å². The van der Waals surface area contributed by atoms with Crippen LogP contribution in [-0.2, 0) is 16.4 Å². The lowest BCUT2D eigenvalue weighted by molar-refractivity contribution is -0.146. The van der Waals surface area contributed by atoms with Crippen LogP contribution in [0.25, 0.3) is 16.7 Å². The number of nitrogen functional groups attached to an aromatic ring is 1. The number of hydrogen-bond acceptors (Lipinski definition) is 6. The summed E-state index contributed by atoms with van der Waals surface area (Å²) in [6.07, 6.45) is -0.425. The number of aliphatic imine (C=N–C) groups is 1. The number of benzene rings is 1. The number of aryl methyl sites for hydroxylation is 1. The molecule has 35 heavy (non-hydrogen) atoms. The number of alkyl halides is 3. The van der Waals surface area contributed by atoms with E-state index in [9.17, 15) is 26.0 Å². The summed E-state index contributed by atoms with van der Waals surface area (Å²) >= 11 is 0. The normalized spacial score (nSPS) is 15.7. The van der Waals surface area contributed by atoms with E-state index in [0.717, 1.165) is 13.1 Å². The van der Waals surface area contributed by atoms with Crippen LogP contribution in [0.3, 0.4) is 0 Å². The minimum atomic E-state index is -4.73. The maximum absolute atomic E-state index is 14.6. The van der Waals surface area contributed by atoms with Crippen LogP contribution in [0.1, 0.15) is 37.9 Å². The Bertz CT molecular complexity index is 1450. The van der Waals surface area contributed by atoms with Gasteiger partial charge in [-0.3, -0.25) is 9.56 Å². The second-order valence-corrected chi connectivity index (χ2v) is 9.80. The van der Waals surface area contributed by atoms with Gasteiger partial charge in [0.05, 0.1) is 27.5 Å². The number of nitrogens with two attached hydrogens (primary N) is 1. The van der Waals surface area contributed by atoms with E-state index in [-0.39, 0.29) is 23.4 Å². The predicted octanol–water partition coefficient (Wildman–Crippen LogP) is 4.00. The number of rotatable bonds is 6. The third-order valence-corrected chi connectivity index (χ3v) is 7.43. The van der Waals surface area contributed by atoms with Crippen LogP contribution < -0.4 is 10.5 Å². The largest absolute Gasteiger partial charge is 0.404 e. The average Bonchev–Trinajstić information content (AvgIpc) is 3.09. The van der Waals surface area contributed by atoms with Crippen molar-refractivity contribution in [1.82, 2.24) is 19.3 Å². The van der Waals surface area contributed by atoms with Gasteiger partial charge in [0, 0.05) is 17.8 Å². The molecule has 1 aliphatic rings. The van der Waals surface area contributed by atoms with Gasteiger partial charge in [-0.1, -0.05) is 6.92 Å². The molecule has 0 bridgehead atoms. The van der Waals surface area contributed by atoms with E-state index in [1.165, 1.54) is 18.6 Å². The summed E-state index contributed by atoms with van der Waals surface area (Å²) in [5, 5.41) is 0.430. The van der Waals surface area contributed by atoms with Gasteiger partial charge in [0.2, 0.25) is 10.0 Å². The summed E-state index contributed by atoms with van der Waals surface area (Å²) < 4.78 is 81.3. The molecule has 0 saturated heterocycles. The average molecular weight is 511 g/mol. The highest BCUT2D eigenvalue weighted by Crippen LogP contribution is 2.35. The van der Waals surface area contributed by atoms with Gasteiger partial charge in [-0.25, -0.2) is 22.8 Å². The van der Waals surface area contributed by atoms with E-state index < -0.39 is 28.1 Å². The van der Waals surface area contributed by atoms with Crippen LogP contribution in [-0.4, -0.2) is 40.9 Å². The third-order valence-electron chi connectivity index (χ3n) is 5.76. The molecule has 3 N–H and O–H groups in total. The summed E-state index contributed by atoms with van der Waals surface area (Å²) in [6.45, 7) is 2.54. The molecule has 8 nitrogen and oxygen atoms in total. The zero-order valence-electron chi connectivity index (χ0n) is 18.8. The molecule has 3 aromatic rings. The van der Waals surface area contributed by atoms with Crippen LogP contribution in [0.4, 0.5) is 23.2 Å². The molecule has 186 valence electrons. The molecule has 0 fully saturated rings. The molecule has 0 saturated carbocycles. The molecule has 0 spiro atoms. The molecular formula is C22H22F4N6O2S. The first-order valence-corrected chi connectivity index (χ1v) is 12.2. The van der Waals surface area contributed by atoms with E-state index in [1.807, 2.05) is 6.92 Å². The molecule has 4 rings (SSSR count). The van der Waals surface area contributed by atoms with Gasteiger partial charge >= 0.3 is 6.18 Å². The highest BCUT2D eigenvalue weighted by molar-refractivity contribution is 7.93. The van der Waals surface area contributed by atoms with Gasteiger partial charge in [0.1, 0.15) is 24.0 Å². The highest BCUT2D eigenvalue weighted by atomic mass is 32.2. The fraction of sp³-hybridized carbons (Fsp3) is 0.318. The van der Waals surface area contributed by atoms with E-state index in [1.54, 1.807) is 21.4 Å². The van der Waals surface area contributed by atoms with Gasteiger partial charge in [-0.05, 0) is 49.9 Å². The summed E-state index contributed by atoms with van der Waals surface area (Å²) in [5.74, 6) is 0.0259. The Balaban J connectivity index is 1.84. The quantitative estimate of drug-likeness (QED) is 0.487. The fourth-order valence-electron chi connectivity index (χ4n) is 3.86. The zero-order chi connectivity index (χ0) is 25.5. The summed E-state index contributed by atoms with van der Waals surface area (Å²) in [6, 6.07) is 2.39. The molecule has 0 amide bonds. The molecule has 13 heteroatoms. The maximum atomic E-state index is 14.6. The van der Waals surface area contributed by atoms with E-state index in [4.69, 9.17) is 5.73 Å². The molecule has 1 aliphatic heterocycles. The van der Waals surface area contributed by atoms with Crippen molar-refractivity contribution in [2.75, 3.05) is 5.73 Å². The number of anilines is 1. The number of hydrogen-bond donors (Lipinski definition) is 2. The minimum absolute atomic E-state index is 0.0713. The Hall–Kier alpha value is -3.32. The highest BCUT2D eigenvalue weighted by Gasteiger charge is 2.39. The first kappa shape index (κ1) is 24.8. The van der Waals surface area contributed by atoms with Crippen molar-refractivity contribution >= 4 is 32.3 Å². The van der Waals surface area contributed by atoms with Crippen LogP contribution in [0, 0.1) is 5.82 Å². The number of nitrogens with one attached hydrogen (secondary N) is 1. The smallest absolute Gasteiger partial charge is 0.396 e. The third kappa shape index (κ3) is 4.65. The first-order valence-electron chi connectivity index (χ1n) is 10.7. The van der Waals surface area contributed by atoms with Gasteiger partial charge < -0.3 is 5.73 Å². The van der Waals surface area contributed by atoms with Crippen molar-refractivity contribution in [2.45, 2.75) is 45.3 Å². The van der Waals surface area contributed by atoms with Crippen molar-refractivity contribution in [2.24, 2.45) is 4.99 Å². The lowest BCUT2D eigenvalue weighted by Gasteiger charge is -2.20. The zero-order valence-corrected chi connectivity index (χ0v) is 19.6. The molecule has 0 radical (unpaired) electrons. The van der Waals surface area contributed by atoms with Crippen molar-refractivity contribution in [3.63, 3.8) is 0 Å². The summed E-state index contributed by atoms with van der Waals surface area (Å²) in [5.41, 5.74) is 8.48. The molecule has 0 unspecified atom stereocenters. The maximum Gasteiger partial charge on any atom is 0.404 e. The molecule has 2 aromatic heterocycles. The van der Waals surface area contributed by atoms with Crippen molar-refractivity contribution in [3.05, 3.63) is 58.9 Å². The predicted molar refractivity (Wildman–Crippen MR) is 124 cm³/mol. The Kier molecular flexibility index (Phi) is 6.40. The molecular weight excluding hydrogens is 488 g/mol. The number of sulfonamides is 1. The number of allylic oxidation sites excluding steroid dienone is 1. The standard InChI is InChI=1S/C22H22F4N6O2S/c1-3-13-8-18-15(9-16(13)23)20(27)21(32(18)19-6-7-28-11-30-19)17-5-4-14(10-29-17)35(33,34)31-12(2)22(24,25)26/h6-12,31H,3-5,27H2,1-2H3/t12-/m0/s1. The Morgan fingerprint density at radius 3 is 2.57 bits per heavy atom. The Labute approximate surface area is 198 Å². The van der Waals surface area contributed by atoms with Crippen LogP contribution in [0.15, 0.2) is 46.8 Å². The Morgan fingerprint density at radius 2 is 2.00 bits per heavy atom. The van der Waals surface area contributed by atoms with Crippen molar-refractivity contribution < 1.29 is 26.0 Å². The summed E-state index contributed by atoms with van der Waals surface area (Å²) in [7, 11) is -4.41. The van der Waals surface area contributed by atoms with Crippen LogP contribution in [0.2, 0.25) is 0 Å². The number of nitrogens with zero attached hydrogens (tertiary/aromatic N) is 4. The Morgan fingerprint density at radius 1 is 1.26 bits per heavy atom.